The highest BCUT2D eigenvalue weighted by Crippen LogP contribution is 2.13. The fourth-order valence-electron chi connectivity index (χ4n) is 1.25. The van der Waals surface area contributed by atoms with Gasteiger partial charge in [0.15, 0.2) is 0 Å². The Hall–Kier alpha value is -0.610. The van der Waals surface area contributed by atoms with Gasteiger partial charge in [-0.1, -0.05) is 6.92 Å². The van der Waals surface area contributed by atoms with Gasteiger partial charge in [0.2, 0.25) is 5.91 Å². The Labute approximate surface area is 92.6 Å². The monoisotopic (exact) mass is 216 g/mol. The van der Waals surface area contributed by atoms with Crippen molar-refractivity contribution in [1.29, 1.82) is 0 Å². The van der Waals surface area contributed by atoms with E-state index in [0.717, 1.165) is 6.54 Å². The minimum absolute atomic E-state index is 0.176. The first-order chi connectivity index (χ1) is 6.71. The summed E-state index contributed by atoms with van der Waals surface area (Å²) in [6.07, 6.45) is 0.591. The number of hydrogen-bond acceptors (Lipinski definition) is 3. The van der Waals surface area contributed by atoms with Crippen LogP contribution in [0.15, 0.2) is 0 Å². The van der Waals surface area contributed by atoms with Gasteiger partial charge in [-0.3, -0.25) is 4.79 Å². The van der Waals surface area contributed by atoms with E-state index in [1.54, 1.807) is 0 Å². The molecule has 0 aliphatic carbocycles. The van der Waals surface area contributed by atoms with Gasteiger partial charge in [0.25, 0.3) is 0 Å². The van der Waals surface area contributed by atoms with E-state index in [1.165, 1.54) is 0 Å². The number of primary amides is 1. The van der Waals surface area contributed by atoms with E-state index >= 15 is 0 Å². The van der Waals surface area contributed by atoms with Gasteiger partial charge in [-0.25, -0.2) is 0 Å². The molecule has 0 fully saturated rings. The second-order valence-electron chi connectivity index (χ2n) is 4.94. The summed E-state index contributed by atoms with van der Waals surface area (Å²) in [6, 6.07) is 0. The van der Waals surface area contributed by atoms with Crippen LogP contribution in [-0.2, 0) is 9.53 Å². The Morgan fingerprint density at radius 1 is 1.33 bits per heavy atom. The average molecular weight is 216 g/mol. The summed E-state index contributed by atoms with van der Waals surface area (Å²) in [4.78, 5) is 11.3. The van der Waals surface area contributed by atoms with E-state index in [9.17, 15) is 4.79 Å². The fraction of sp³-hybridized carbons (Fsp3) is 0.909. The highest BCUT2D eigenvalue weighted by molar-refractivity contribution is 5.84. The van der Waals surface area contributed by atoms with Crippen LogP contribution in [0.4, 0.5) is 0 Å². The molecular formula is C11H24N2O2. The number of amides is 1. The molecule has 90 valence electrons. The maximum Gasteiger partial charge on any atom is 0.237 e. The normalized spacial score (nSPS) is 16.1. The minimum atomic E-state index is -0.667. The summed E-state index contributed by atoms with van der Waals surface area (Å²) < 4.78 is 5.57. The molecule has 0 bridgehead atoms. The highest BCUT2D eigenvalue weighted by atomic mass is 16.5. The van der Waals surface area contributed by atoms with Crippen LogP contribution in [-0.4, -0.2) is 30.2 Å². The van der Waals surface area contributed by atoms with Gasteiger partial charge in [-0.05, 0) is 40.7 Å². The fourth-order valence-corrected chi connectivity index (χ4v) is 1.25. The molecule has 0 saturated carbocycles. The first-order valence-corrected chi connectivity index (χ1v) is 5.40. The summed E-state index contributed by atoms with van der Waals surface area (Å²) >= 11 is 0. The molecule has 0 radical (unpaired) electrons. The maximum absolute atomic E-state index is 11.3. The third-order valence-corrected chi connectivity index (χ3v) is 2.25. The van der Waals surface area contributed by atoms with Crippen LogP contribution in [0.1, 0.15) is 41.0 Å². The van der Waals surface area contributed by atoms with Gasteiger partial charge in [0, 0.05) is 6.61 Å². The topological polar surface area (TPSA) is 64.3 Å². The molecule has 0 aromatic rings. The molecule has 0 saturated heterocycles. The number of ether oxygens (including phenoxy) is 1. The lowest BCUT2D eigenvalue weighted by atomic mass is 9.97. The Kier molecular flexibility index (Phi) is 5.24. The number of carbonyl (C=O) groups excluding carboxylic acids is 1. The van der Waals surface area contributed by atoms with Gasteiger partial charge >= 0.3 is 0 Å². The molecule has 0 aliphatic heterocycles. The number of rotatable bonds is 6. The van der Waals surface area contributed by atoms with Crippen molar-refractivity contribution in [2.75, 3.05) is 13.2 Å². The molecule has 15 heavy (non-hydrogen) atoms. The van der Waals surface area contributed by atoms with Crippen LogP contribution in [0.2, 0.25) is 0 Å². The smallest absolute Gasteiger partial charge is 0.237 e. The quantitative estimate of drug-likeness (QED) is 0.697. The summed E-state index contributed by atoms with van der Waals surface area (Å²) in [5.74, 6) is -0.332. The number of nitrogens with two attached hydrogens (primary N) is 1. The van der Waals surface area contributed by atoms with E-state index < -0.39 is 5.54 Å². The average Bonchev–Trinajstić information content (AvgIpc) is 2.01. The van der Waals surface area contributed by atoms with Crippen molar-refractivity contribution < 1.29 is 9.53 Å². The summed E-state index contributed by atoms with van der Waals surface area (Å²) in [5, 5.41) is 3.09. The van der Waals surface area contributed by atoms with Gasteiger partial charge in [-0.15, -0.1) is 0 Å². The predicted molar refractivity (Wildman–Crippen MR) is 61.6 cm³/mol. The summed E-state index contributed by atoms with van der Waals surface area (Å²) in [6.45, 7) is 11.0. The number of hydrogen-bond donors (Lipinski definition) is 2. The van der Waals surface area contributed by atoms with Gasteiger partial charge in [0.05, 0.1) is 11.1 Å². The van der Waals surface area contributed by atoms with E-state index in [0.29, 0.717) is 13.0 Å². The Balaban J connectivity index is 4.14. The van der Waals surface area contributed by atoms with Crippen LogP contribution in [0.5, 0.6) is 0 Å². The van der Waals surface area contributed by atoms with Crippen molar-refractivity contribution in [2.24, 2.45) is 5.73 Å². The predicted octanol–water partition coefficient (Wildman–Crippen LogP) is 1.05. The molecule has 0 spiro atoms. The zero-order valence-corrected chi connectivity index (χ0v) is 10.5. The zero-order chi connectivity index (χ0) is 12.1. The molecular weight excluding hydrogens is 192 g/mol. The molecule has 0 rings (SSSR count). The second-order valence-corrected chi connectivity index (χ2v) is 4.94. The van der Waals surface area contributed by atoms with Gasteiger partial charge in [-0.2, -0.15) is 0 Å². The lowest BCUT2D eigenvalue weighted by Crippen LogP contribution is -2.53. The van der Waals surface area contributed by atoms with Crippen molar-refractivity contribution in [3.63, 3.8) is 0 Å². The molecule has 4 nitrogen and oxygen atoms in total. The van der Waals surface area contributed by atoms with Crippen molar-refractivity contribution in [1.82, 2.24) is 5.32 Å². The molecule has 0 aromatic heterocycles. The molecule has 3 N–H and O–H groups in total. The largest absolute Gasteiger partial charge is 0.376 e. The first kappa shape index (κ1) is 14.4. The molecule has 0 aliphatic rings. The SMILES string of the molecule is CCNC(C)(CCOC(C)(C)C)C(N)=O. The Morgan fingerprint density at radius 3 is 2.20 bits per heavy atom. The van der Waals surface area contributed by atoms with E-state index in [-0.39, 0.29) is 11.5 Å². The van der Waals surface area contributed by atoms with Crippen molar-refractivity contribution in [3.8, 4) is 0 Å². The standard InChI is InChI=1S/C11H24N2O2/c1-6-13-11(5,9(12)14)7-8-15-10(2,3)4/h13H,6-8H2,1-5H3,(H2,12,14). The Morgan fingerprint density at radius 2 is 1.87 bits per heavy atom. The molecule has 1 amide bonds. The molecule has 1 unspecified atom stereocenters. The van der Waals surface area contributed by atoms with Crippen LogP contribution in [0, 0.1) is 0 Å². The third kappa shape index (κ3) is 5.74. The van der Waals surface area contributed by atoms with Crippen molar-refractivity contribution in [2.45, 2.75) is 52.2 Å². The van der Waals surface area contributed by atoms with Crippen LogP contribution in [0.3, 0.4) is 0 Å². The van der Waals surface area contributed by atoms with Crippen molar-refractivity contribution in [3.05, 3.63) is 0 Å². The van der Waals surface area contributed by atoms with Crippen LogP contribution in [0.25, 0.3) is 0 Å². The highest BCUT2D eigenvalue weighted by Gasteiger charge is 2.29. The summed E-state index contributed by atoms with van der Waals surface area (Å²) in [5.41, 5.74) is 4.51. The number of likely N-dealkylation sites (N-methyl/N-ethyl adjacent to an activating group) is 1. The third-order valence-electron chi connectivity index (χ3n) is 2.25. The number of carbonyl (C=O) groups is 1. The van der Waals surface area contributed by atoms with Crippen LogP contribution < -0.4 is 11.1 Å². The van der Waals surface area contributed by atoms with Crippen LogP contribution >= 0.6 is 0 Å². The number of nitrogens with one attached hydrogen (secondary N) is 1. The lowest BCUT2D eigenvalue weighted by molar-refractivity contribution is -0.125. The summed E-state index contributed by atoms with van der Waals surface area (Å²) in [7, 11) is 0. The first-order valence-electron chi connectivity index (χ1n) is 5.40. The molecule has 0 heterocycles. The van der Waals surface area contributed by atoms with E-state index in [2.05, 4.69) is 5.32 Å². The van der Waals surface area contributed by atoms with Crippen molar-refractivity contribution >= 4 is 5.91 Å². The Bertz CT molecular complexity index is 211. The molecule has 0 aromatic carbocycles. The maximum atomic E-state index is 11.3. The second kappa shape index (κ2) is 5.47. The lowest BCUT2D eigenvalue weighted by Gasteiger charge is -2.29. The van der Waals surface area contributed by atoms with E-state index in [1.807, 2.05) is 34.6 Å². The molecule has 1 atom stereocenters. The zero-order valence-electron chi connectivity index (χ0n) is 10.5. The minimum Gasteiger partial charge on any atom is -0.376 e. The van der Waals surface area contributed by atoms with E-state index in [4.69, 9.17) is 10.5 Å². The van der Waals surface area contributed by atoms with Gasteiger partial charge in [0.1, 0.15) is 0 Å². The molecule has 4 heteroatoms. The van der Waals surface area contributed by atoms with Gasteiger partial charge < -0.3 is 15.8 Å².